The number of carbonyl (C=O) groups is 1. The van der Waals surface area contributed by atoms with Gasteiger partial charge in [-0.3, -0.25) is 4.79 Å². The fraction of sp³-hybridized carbons (Fsp3) is 0.188. The van der Waals surface area contributed by atoms with Crippen LogP contribution in [0.2, 0.25) is 0 Å². The van der Waals surface area contributed by atoms with Crippen LogP contribution in [0, 0.1) is 5.82 Å². The molecule has 2 aromatic carbocycles. The van der Waals surface area contributed by atoms with Crippen LogP contribution < -0.4 is 14.8 Å². The molecular formula is C16H16FNO3. The van der Waals surface area contributed by atoms with Crippen molar-refractivity contribution >= 4 is 11.6 Å². The molecule has 0 saturated heterocycles. The van der Waals surface area contributed by atoms with Crippen molar-refractivity contribution in [3.8, 4) is 11.5 Å². The molecule has 0 saturated carbocycles. The summed E-state index contributed by atoms with van der Waals surface area (Å²) in [4.78, 5) is 11.7. The van der Waals surface area contributed by atoms with Gasteiger partial charge in [-0.1, -0.05) is 18.2 Å². The Morgan fingerprint density at radius 3 is 2.57 bits per heavy atom. The summed E-state index contributed by atoms with van der Waals surface area (Å²) < 4.78 is 24.0. The van der Waals surface area contributed by atoms with Crippen LogP contribution in [0.5, 0.6) is 11.5 Å². The number of hydrogen-bond donors (Lipinski definition) is 1. The van der Waals surface area contributed by atoms with Gasteiger partial charge >= 0.3 is 0 Å². The molecule has 0 unspecified atom stereocenters. The molecule has 0 atom stereocenters. The minimum absolute atomic E-state index is 0.140. The summed E-state index contributed by atoms with van der Waals surface area (Å²) in [6.45, 7) is 2.02. The standard InChI is InChI=1S/C16H16FNO3/c1-2-20-15-9-8-12(10-14(15)17)18-16(19)11-21-13-6-4-3-5-7-13/h3-10H,2,11H2,1H3,(H,18,19). The second-order valence-corrected chi connectivity index (χ2v) is 4.23. The Kier molecular flexibility index (Phi) is 5.15. The third-order valence-electron chi connectivity index (χ3n) is 2.63. The minimum atomic E-state index is -0.515. The SMILES string of the molecule is CCOc1ccc(NC(=O)COc2ccccc2)cc1F. The van der Waals surface area contributed by atoms with E-state index >= 15 is 0 Å². The van der Waals surface area contributed by atoms with Gasteiger partial charge in [0.15, 0.2) is 18.2 Å². The first kappa shape index (κ1) is 14.8. The Balaban J connectivity index is 1.89. The van der Waals surface area contributed by atoms with Crippen molar-refractivity contribution < 1.29 is 18.7 Å². The molecule has 21 heavy (non-hydrogen) atoms. The average Bonchev–Trinajstić information content (AvgIpc) is 2.49. The van der Waals surface area contributed by atoms with Gasteiger partial charge in [-0.2, -0.15) is 0 Å². The molecule has 0 bridgehead atoms. The van der Waals surface area contributed by atoms with Crippen molar-refractivity contribution in [1.29, 1.82) is 0 Å². The summed E-state index contributed by atoms with van der Waals surface area (Å²) in [6, 6.07) is 13.3. The molecule has 0 aliphatic carbocycles. The maximum Gasteiger partial charge on any atom is 0.262 e. The van der Waals surface area contributed by atoms with Crippen molar-refractivity contribution in [3.05, 3.63) is 54.3 Å². The number of para-hydroxylation sites is 1. The Morgan fingerprint density at radius 2 is 1.90 bits per heavy atom. The van der Waals surface area contributed by atoms with E-state index in [1.165, 1.54) is 12.1 Å². The van der Waals surface area contributed by atoms with Gasteiger partial charge in [0.25, 0.3) is 5.91 Å². The summed E-state index contributed by atoms with van der Waals surface area (Å²) in [6.07, 6.45) is 0. The number of benzene rings is 2. The predicted molar refractivity (Wildman–Crippen MR) is 78.1 cm³/mol. The van der Waals surface area contributed by atoms with Gasteiger partial charge < -0.3 is 14.8 Å². The van der Waals surface area contributed by atoms with Crippen LogP contribution >= 0.6 is 0 Å². The second-order valence-electron chi connectivity index (χ2n) is 4.23. The number of rotatable bonds is 6. The quantitative estimate of drug-likeness (QED) is 0.888. The topological polar surface area (TPSA) is 47.6 Å². The number of hydrogen-bond acceptors (Lipinski definition) is 3. The molecule has 4 nitrogen and oxygen atoms in total. The van der Waals surface area contributed by atoms with E-state index in [9.17, 15) is 9.18 Å². The normalized spacial score (nSPS) is 10.0. The zero-order chi connectivity index (χ0) is 15.1. The monoisotopic (exact) mass is 289 g/mol. The molecule has 0 heterocycles. The molecule has 2 rings (SSSR count). The fourth-order valence-electron chi connectivity index (χ4n) is 1.71. The Morgan fingerprint density at radius 1 is 1.14 bits per heavy atom. The minimum Gasteiger partial charge on any atom is -0.491 e. The van der Waals surface area contributed by atoms with Crippen molar-refractivity contribution in [2.45, 2.75) is 6.92 Å². The van der Waals surface area contributed by atoms with E-state index in [1.54, 1.807) is 25.1 Å². The van der Waals surface area contributed by atoms with Gasteiger partial charge in [0.2, 0.25) is 0 Å². The van der Waals surface area contributed by atoms with E-state index in [2.05, 4.69) is 5.32 Å². The third-order valence-corrected chi connectivity index (χ3v) is 2.63. The zero-order valence-electron chi connectivity index (χ0n) is 11.6. The third kappa shape index (κ3) is 4.49. The molecule has 0 spiro atoms. The zero-order valence-corrected chi connectivity index (χ0v) is 11.6. The van der Waals surface area contributed by atoms with Crippen molar-refractivity contribution in [1.82, 2.24) is 0 Å². The molecule has 0 aromatic heterocycles. The Bertz CT molecular complexity index is 602. The maximum absolute atomic E-state index is 13.6. The first-order chi connectivity index (χ1) is 10.2. The van der Waals surface area contributed by atoms with Crippen molar-refractivity contribution in [2.24, 2.45) is 0 Å². The number of nitrogens with one attached hydrogen (secondary N) is 1. The largest absolute Gasteiger partial charge is 0.491 e. The lowest BCUT2D eigenvalue weighted by molar-refractivity contribution is -0.118. The molecule has 110 valence electrons. The molecule has 0 radical (unpaired) electrons. The summed E-state index contributed by atoms with van der Waals surface area (Å²) in [5.74, 6) is -0.109. The van der Waals surface area contributed by atoms with Gasteiger partial charge in [0.1, 0.15) is 5.75 Å². The van der Waals surface area contributed by atoms with E-state index in [-0.39, 0.29) is 18.3 Å². The summed E-state index contributed by atoms with van der Waals surface area (Å²) in [5, 5.41) is 2.56. The van der Waals surface area contributed by atoms with Crippen LogP contribution in [0.15, 0.2) is 48.5 Å². The lowest BCUT2D eigenvalue weighted by Crippen LogP contribution is -2.20. The highest BCUT2D eigenvalue weighted by Gasteiger charge is 2.07. The van der Waals surface area contributed by atoms with Gasteiger partial charge in [0.05, 0.1) is 6.61 Å². The summed E-state index contributed by atoms with van der Waals surface area (Å²) in [5.41, 5.74) is 0.359. The molecular weight excluding hydrogens is 273 g/mol. The molecule has 0 aliphatic rings. The van der Waals surface area contributed by atoms with Crippen LogP contribution in [0.4, 0.5) is 10.1 Å². The average molecular weight is 289 g/mol. The first-order valence-corrected chi connectivity index (χ1v) is 6.59. The van der Waals surface area contributed by atoms with Crippen LogP contribution in [0.1, 0.15) is 6.92 Å². The smallest absolute Gasteiger partial charge is 0.262 e. The highest BCUT2D eigenvalue weighted by Crippen LogP contribution is 2.21. The van der Waals surface area contributed by atoms with Gasteiger partial charge in [-0.25, -0.2) is 4.39 Å². The highest BCUT2D eigenvalue weighted by molar-refractivity contribution is 5.91. The molecule has 0 fully saturated rings. The van der Waals surface area contributed by atoms with E-state index in [0.717, 1.165) is 0 Å². The number of halogens is 1. The van der Waals surface area contributed by atoms with Crippen molar-refractivity contribution in [3.63, 3.8) is 0 Å². The predicted octanol–water partition coefficient (Wildman–Crippen LogP) is 3.24. The number of carbonyl (C=O) groups excluding carboxylic acids is 1. The number of ether oxygens (including phenoxy) is 2. The number of amides is 1. The molecule has 1 amide bonds. The van der Waals surface area contributed by atoms with E-state index in [0.29, 0.717) is 18.0 Å². The molecule has 2 aromatic rings. The maximum atomic E-state index is 13.6. The van der Waals surface area contributed by atoms with Gasteiger partial charge in [-0.15, -0.1) is 0 Å². The molecule has 5 heteroatoms. The van der Waals surface area contributed by atoms with Gasteiger partial charge in [-0.05, 0) is 31.2 Å². The summed E-state index contributed by atoms with van der Waals surface area (Å²) >= 11 is 0. The lowest BCUT2D eigenvalue weighted by Gasteiger charge is -2.09. The van der Waals surface area contributed by atoms with Crippen LogP contribution in [-0.2, 0) is 4.79 Å². The summed E-state index contributed by atoms with van der Waals surface area (Å²) in [7, 11) is 0. The van der Waals surface area contributed by atoms with Crippen LogP contribution in [-0.4, -0.2) is 19.1 Å². The Labute approximate surface area is 122 Å². The fourth-order valence-corrected chi connectivity index (χ4v) is 1.71. The van der Waals surface area contributed by atoms with E-state index in [4.69, 9.17) is 9.47 Å². The van der Waals surface area contributed by atoms with Crippen molar-refractivity contribution in [2.75, 3.05) is 18.5 Å². The molecule has 0 aliphatic heterocycles. The van der Waals surface area contributed by atoms with Gasteiger partial charge in [0, 0.05) is 11.8 Å². The van der Waals surface area contributed by atoms with Crippen LogP contribution in [0.25, 0.3) is 0 Å². The van der Waals surface area contributed by atoms with Crippen LogP contribution in [0.3, 0.4) is 0 Å². The van der Waals surface area contributed by atoms with E-state index < -0.39 is 5.82 Å². The Hall–Kier alpha value is -2.56. The highest BCUT2D eigenvalue weighted by atomic mass is 19.1. The second kappa shape index (κ2) is 7.28. The number of anilines is 1. The lowest BCUT2D eigenvalue weighted by atomic mass is 10.3. The first-order valence-electron chi connectivity index (χ1n) is 6.59. The molecule has 1 N–H and O–H groups in total. The van der Waals surface area contributed by atoms with E-state index in [1.807, 2.05) is 18.2 Å².